The first kappa shape index (κ1) is 15.3. The van der Waals surface area contributed by atoms with Gasteiger partial charge in [0.15, 0.2) is 11.5 Å². The number of hydrogen-bond acceptors (Lipinski definition) is 7. The molecule has 0 saturated carbocycles. The highest BCUT2D eigenvalue weighted by Gasteiger charge is 2.27. The van der Waals surface area contributed by atoms with Gasteiger partial charge in [0.1, 0.15) is 12.0 Å². The minimum absolute atomic E-state index is 0.0375. The van der Waals surface area contributed by atoms with E-state index >= 15 is 0 Å². The SMILES string of the molecule is Cc1nc(C(=O)N[C@@H]2CCc3cccnc32)c(N)nc1-c1ncco1. The molecule has 0 spiro atoms. The van der Waals surface area contributed by atoms with Crippen LogP contribution in [0, 0.1) is 6.92 Å². The monoisotopic (exact) mass is 336 g/mol. The lowest BCUT2D eigenvalue weighted by Crippen LogP contribution is -2.29. The smallest absolute Gasteiger partial charge is 0.274 e. The molecule has 25 heavy (non-hydrogen) atoms. The summed E-state index contributed by atoms with van der Waals surface area (Å²) in [5.41, 5.74) is 9.04. The van der Waals surface area contributed by atoms with Crippen molar-refractivity contribution in [2.24, 2.45) is 0 Å². The quantitative estimate of drug-likeness (QED) is 0.748. The Morgan fingerprint density at radius 2 is 2.20 bits per heavy atom. The van der Waals surface area contributed by atoms with Gasteiger partial charge in [0, 0.05) is 6.20 Å². The predicted molar refractivity (Wildman–Crippen MR) is 89.4 cm³/mol. The maximum atomic E-state index is 12.6. The molecular formula is C17H16N6O2. The number of nitrogens with one attached hydrogen (secondary N) is 1. The summed E-state index contributed by atoms with van der Waals surface area (Å²) in [6, 6.07) is 3.78. The molecule has 0 aromatic carbocycles. The van der Waals surface area contributed by atoms with Gasteiger partial charge in [-0.1, -0.05) is 6.07 Å². The van der Waals surface area contributed by atoms with Crippen molar-refractivity contribution in [3.8, 4) is 11.6 Å². The van der Waals surface area contributed by atoms with Crippen LogP contribution >= 0.6 is 0 Å². The van der Waals surface area contributed by atoms with Crippen molar-refractivity contribution in [1.29, 1.82) is 0 Å². The molecule has 1 aliphatic carbocycles. The normalized spacial score (nSPS) is 15.8. The van der Waals surface area contributed by atoms with E-state index in [0.29, 0.717) is 17.3 Å². The Labute approximate surface area is 143 Å². The van der Waals surface area contributed by atoms with E-state index in [-0.39, 0.29) is 23.5 Å². The number of anilines is 1. The van der Waals surface area contributed by atoms with Crippen molar-refractivity contribution in [2.75, 3.05) is 5.73 Å². The maximum Gasteiger partial charge on any atom is 0.274 e. The van der Waals surface area contributed by atoms with Crippen LogP contribution in [0.15, 0.2) is 35.2 Å². The van der Waals surface area contributed by atoms with Crippen LogP contribution in [-0.4, -0.2) is 25.8 Å². The first-order valence-electron chi connectivity index (χ1n) is 7.92. The van der Waals surface area contributed by atoms with Crippen LogP contribution in [-0.2, 0) is 6.42 Å². The number of oxazole rings is 1. The van der Waals surface area contributed by atoms with Gasteiger partial charge >= 0.3 is 0 Å². The van der Waals surface area contributed by atoms with Gasteiger partial charge in [0.25, 0.3) is 5.91 Å². The van der Waals surface area contributed by atoms with E-state index in [9.17, 15) is 4.79 Å². The Balaban J connectivity index is 1.60. The molecule has 3 aromatic heterocycles. The van der Waals surface area contributed by atoms with E-state index in [4.69, 9.17) is 10.2 Å². The Morgan fingerprint density at radius 3 is 3.00 bits per heavy atom. The second kappa shape index (κ2) is 5.97. The number of amides is 1. The fourth-order valence-electron chi connectivity index (χ4n) is 3.02. The standard InChI is InChI=1S/C17H16N6O2/c1-9-12(17-20-7-8-25-17)23-15(18)14(21-9)16(24)22-11-5-4-10-3-2-6-19-13(10)11/h2-3,6-8,11H,4-5H2,1H3,(H2,18,23)(H,22,24)/t11-/m1/s1. The van der Waals surface area contributed by atoms with Gasteiger partial charge < -0.3 is 15.5 Å². The first-order valence-corrected chi connectivity index (χ1v) is 7.92. The molecule has 3 heterocycles. The molecule has 8 nitrogen and oxygen atoms in total. The molecule has 3 N–H and O–H groups in total. The highest BCUT2D eigenvalue weighted by molar-refractivity contribution is 5.97. The van der Waals surface area contributed by atoms with Gasteiger partial charge in [0.05, 0.1) is 23.6 Å². The van der Waals surface area contributed by atoms with Gasteiger partial charge in [0.2, 0.25) is 5.89 Å². The highest BCUT2D eigenvalue weighted by Crippen LogP contribution is 2.29. The molecule has 0 fully saturated rings. The molecule has 4 rings (SSSR count). The third kappa shape index (κ3) is 2.71. The van der Waals surface area contributed by atoms with Gasteiger partial charge in [-0.25, -0.2) is 15.0 Å². The van der Waals surface area contributed by atoms with Crippen molar-refractivity contribution in [2.45, 2.75) is 25.8 Å². The Morgan fingerprint density at radius 1 is 1.32 bits per heavy atom. The lowest BCUT2D eigenvalue weighted by Gasteiger charge is -2.14. The number of carbonyl (C=O) groups is 1. The average Bonchev–Trinajstić information content (AvgIpc) is 3.27. The van der Waals surface area contributed by atoms with Crippen LogP contribution < -0.4 is 11.1 Å². The minimum Gasteiger partial charge on any atom is -0.443 e. The average molecular weight is 336 g/mol. The molecule has 1 atom stereocenters. The zero-order valence-electron chi connectivity index (χ0n) is 13.6. The lowest BCUT2D eigenvalue weighted by molar-refractivity contribution is 0.0931. The van der Waals surface area contributed by atoms with Gasteiger partial charge in [-0.3, -0.25) is 9.78 Å². The van der Waals surface area contributed by atoms with E-state index < -0.39 is 0 Å². The van der Waals surface area contributed by atoms with E-state index in [1.807, 2.05) is 12.1 Å². The van der Waals surface area contributed by atoms with Crippen molar-refractivity contribution in [3.63, 3.8) is 0 Å². The zero-order chi connectivity index (χ0) is 17.4. The number of nitrogens with zero attached hydrogens (tertiary/aromatic N) is 4. The third-order valence-corrected chi connectivity index (χ3v) is 4.21. The van der Waals surface area contributed by atoms with E-state index in [1.54, 1.807) is 13.1 Å². The Hall–Kier alpha value is -3.29. The lowest BCUT2D eigenvalue weighted by atomic mass is 10.2. The number of fused-ring (bicyclic) bond motifs is 1. The second-order valence-corrected chi connectivity index (χ2v) is 5.84. The Kier molecular flexibility index (Phi) is 3.64. The van der Waals surface area contributed by atoms with Crippen molar-refractivity contribution in [1.82, 2.24) is 25.3 Å². The summed E-state index contributed by atoms with van der Waals surface area (Å²) in [5.74, 6) is -0.0105. The number of aromatic nitrogens is 4. The van der Waals surface area contributed by atoms with E-state index in [2.05, 4.69) is 25.3 Å². The van der Waals surface area contributed by atoms with E-state index in [1.165, 1.54) is 12.5 Å². The molecular weight excluding hydrogens is 320 g/mol. The summed E-state index contributed by atoms with van der Waals surface area (Å²) in [5, 5.41) is 2.95. The van der Waals surface area contributed by atoms with Crippen LogP contribution in [0.4, 0.5) is 5.82 Å². The molecule has 0 bridgehead atoms. The van der Waals surface area contributed by atoms with Gasteiger partial charge in [-0.15, -0.1) is 0 Å². The number of nitrogen functional groups attached to an aromatic ring is 1. The predicted octanol–water partition coefficient (Wildman–Crippen LogP) is 1.83. The van der Waals surface area contributed by atoms with E-state index in [0.717, 1.165) is 24.1 Å². The number of carbonyl (C=O) groups excluding carboxylic acids is 1. The zero-order valence-corrected chi connectivity index (χ0v) is 13.6. The summed E-state index contributed by atoms with van der Waals surface area (Å²) in [6.07, 6.45) is 6.37. The van der Waals surface area contributed by atoms with Crippen molar-refractivity contribution >= 4 is 11.7 Å². The van der Waals surface area contributed by atoms with Gasteiger partial charge in [-0.2, -0.15) is 0 Å². The number of rotatable bonds is 3. The molecule has 1 amide bonds. The molecule has 3 aromatic rings. The Bertz CT molecular complexity index is 938. The maximum absolute atomic E-state index is 12.6. The highest BCUT2D eigenvalue weighted by atomic mass is 16.3. The molecule has 0 aliphatic heterocycles. The first-order chi connectivity index (χ1) is 12.1. The molecule has 8 heteroatoms. The van der Waals surface area contributed by atoms with Crippen LogP contribution in [0.3, 0.4) is 0 Å². The number of aryl methyl sites for hydroxylation is 2. The van der Waals surface area contributed by atoms with Crippen LogP contribution in [0.5, 0.6) is 0 Å². The largest absolute Gasteiger partial charge is 0.443 e. The number of pyridine rings is 1. The van der Waals surface area contributed by atoms with Crippen molar-refractivity contribution < 1.29 is 9.21 Å². The summed E-state index contributed by atoms with van der Waals surface area (Å²) in [6.45, 7) is 1.73. The molecule has 0 radical (unpaired) electrons. The fraction of sp³-hybridized carbons (Fsp3) is 0.235. The topological polar surface area (TPSA) is 120 Å². The summed E-state index contributed by atoms with van der Waals surface area (Å²) in [4.78, 5) is 29.6. The number of hydrogen-bond donors (Lipinski definition) is 2. The molecule has 126 valence electrons. The summed E-state index contributed by atoms with van der Waals surface area (Å²) < 4.78 is 5.22. The number of nitrogens with two attached hydrogens (primary N) is 1. The van der Waals surface area contributed by atoms with Crippen molar-refractivity contribution in [3.05, 3.63) is 53.4 Å². The third-order valence-electron chi connectivity index (χ3n) is 4.21. The second-order valence-electron chi connectivity index (χ2n) is 5.84. The molecule has 0 unspecified atom stereocenters. The minimum atomic E-state index is -0.365. The van der Waals surface area contributed by atoms with Crippen LogP contribution in [0.1, 0.15) is 39.9 Å². The molecule has 1 aliphatic rings. The molecule has 0 saturated heterocycles. The van der Waals surface area contributed by atoms with Crippen LogP contribution in [0.25, 0.3) is 11.6 Å². The van der Waals surface area contributed by atoms with Crippen LogP contribution in [0.2, 0.25) is 0 Å². The summed E-state index contributed by atoms with van der Waals surface area (Å²) >= 11 is 0. The fourth-order valence-corrected chi connectivity index (χ4v) is 3.02. The summed E-state index contributed by atoms with van der Waals surface area (Å²) in [7, 11) is 0. The van der Waals surface area contributed by atoms with Gasteiger partial charge in [-0.05, 0) is 31.4 Å².